The molecule has 0 aromatic rings. The highest BCUT2D eigenvalue weighted by Gasteiger charge is 2.13. The van der Waals surface area contributed by atoms with Crippen LogP contribution in [0.1, 0.15) is 26.2 Å². The molecule has 1 aliphatic heterocycles. The molecule has 0 spiro atoms. The third-order valence-corrected chi connectivity index (χ3v) is 3.56. The molecule has 0 aromatic carbocycles. The molecular formula is C13H24O3Si. The fraction of sp³-hybridized carbons (Fsp3) is 0.692. The van der Waals surface area contributed by atoms with E-state index in [0.29, 0.717) is 6.61 Å². The lowest BCUT2D eigenvalue weighted by Crippen LogP contribution is -2.22. The van der Waals surface area contributed by atoms with Gasteiger partial charge in [-0.2, -0.15) is 0 Å². The zero-order valence-electron chi connectivity index (χ0n) is 11.1. The second-order valence-corrected chi connectivity index (χ2v) is 8.71. The van der Waals surface area contributed by atoms with Crippen molar-refractivity contribution in [2.24, 2.45) is 0 Å². The maximum Gasteiger partial charge on any atom is 0.206 e. The molecule has 1 rings (SSSR count). The average Bonchev–Trinajstić information content (AvgIpc) is 2.27. The average molecular weight is 256 g/mol. The van der Waals surface area contributed by atoms with Crippen molar-refractivity contribution in [3.8, 4) is 0 Å². The Kier molecular flexibility index (Phi) is 6.12. The quantitative estimate of drug-likeness (QED) is 0.607. The number of ether oxygens (including phenoxy) is 2. The summed E-state index contributed by atoms with van der Waals surface area (Å²) in [6.07, 6.45) is 7.30. The summed E-state index contributed by atoms with van der Waals surface area (Å²) in [5, 5.41) is 0. The van der Waals surface area contributed by atoms with Crippen LogP contribution < -0.4 is 0 Å². The number of rotatable bonds is 5. The zero-order valence-corrected chi connectivity index (χ0v) is 12.1. The van der Waals surface area contributed by atoms with Crippen LogP contribution in [0, 0.1) is 0 Å². The van der Waals surface area contributed by atoms with Crippen molar-refractivity contribution in [1.82, 2.24) is 0 Å². The first-order chi connectivity index (χ1) is 7.97. The van der Waals surface area contributed by atoms with Crippen LogP contribution in [0.15, 0.2) is 23.4 Å². The fourth-order valence-corrected chi connectivity index (χ4v) is 2.20. The summed E-state index contributed by atoms with van der Waals surface area (Å²) >= 11 is 0. The van der Waals surface area contributed by atoms with Crippen LogP contribution in [0.3, 0.4) is 0 Å². The minimum atomic E-state index is -2.08. The molecule has 1 N–H and O–H groups in total. The summed E-state index contributed by atoms with van der Waals surface area (Å²) in [7, 11) is -2.08. The molecule has 0 amide bonds. The van der Waals surface area contributed by atoms with Crippen LogP contribution in [0.25, 0.3) is 0 Å². The lowest BCUT2D eigenvalue weighted by atomic mass is 10.2. The van der Waals surface area contributed by atoms with E-state index in [4.69, 9.17) is 9.47 Å². The number of allylic oxidation sites excluding steroid dienone is 2. The van der Waals surface area contributed by atoms with Crippen molar-refractivity contribution in [2.45, 2.75) is 45.6 Å². The maximum absolute atomic E-state index is 9.67. The van der Waals surface area contributed by atoms with Gasteiger partial charge in [-0.3, -0.25) is 0 Å². The van der Waals surface area contributed by atoms with Crippen LogP contribution in [0.5, 0.6) is 0 Å². The molecule has 1 atom stereocenters. The standard InChI is InChI=1S/C13H24O3Si/c1-12(8-11-17(2,3)14)7-10-16-13-6-4-5-9-15-13/h7-8,11,13-14H,4-6,9-10H2,1-3H3/b11-8+,12-7+. The van der Waals surface area contributed by atoms with Gasteiger partial charge in [0.15, 0.2) is 6.29 Å². The normalized spacial score (nSPS) is 23.3. The molecule has 1 aliphatic rings. The number of hydrogen-bond acceptors (Lipinski definition) is 3. The highest BCUT2D eigenvalue weighted by atomic mass is 28.4. The van der Waals surface area contributed by atoms with Crippen LogP contribution in [-0.4, -0.2) is 32.6 Å². The van der Waals surface area contributed by atoms with Crippen LogP contribution >= 0.6 is 0 Å². The first-order valence-electron chi connectivity index (χ1n) is 6.29. The lowest BCUT2D eigenvalue weighted by Gasteiger charge is -2.22. The van der Waals surface area contributed by atoms with E-state index in [0.717, 1.165) is 25.0 Å². The van der Waals surface area contributed by atoms with E-state index in [1.807, 2.05) is 37.9 Å². The Morgan fingerprint density at radius 2 is 2.24 bits per heavy atom. The van der Waals surface area contributed by atoms with Gasteiger partial charge in [-0.1, -0.05) is 23.4 Å². The predicted molar refractivity (Wildman–Crippen MR) is 72.1 cm³/mol. The van der Waals surface area contributed by atoms with E-state index in [9.17, 15) is 4.80 Å². The first kappa shape index (κ1) is 14.6. The fourth-order valence-electron chi connectivity index (χ4n) is 1.53. The molecule has 0 saturated carbocycles. The van der Waals surface area contributed by atoms with Crippen molar-refractivity contribution >= 4 is 8.32 Å². The van der Waals surface area contributed by atoms with Gasteiger partial charge in [-0.15, -0.1) is 0 Å². The summed E-state index contributed by atoms with van der Waals surface area (Å²) in [6.45, 7) is 7.19. The molecular weight excluding hydrogens is 232 g/mol. The molecule has 3 nitrogen and oxygen atoms in total. The van der Waals surface area contributed by atoms with Gasteiger partial charge in [0, 0.05) is 6.61 Å². The van der Waals surface area contributed by atoms with Crippen LogP contribution in [0.4, 0.5) is 0 Å². The second kappa shape index (κ2) is 7.11. The molecule has 1 heterocycles. The van der Waals surface area contributed by atoms with Crippen LogP contribution in [0.2, 0.25) is 13.1 Å². The monoisotopic (exact) mass is 256 g/mol. The molecule has 4 heteroatoms. The number of hydrogen-bond donors (Lipinski definition) is 1. The molecule has 17 heavy (non-hydrogen) atoms. The third-order valence-electron chi connectivity index (χ3n) is 2.58. The van der Waals surface area contributed by atoms with Crippen molar-refractivity contribution < 1.29 is 14.3 Å². The summed E-state index contributed by atoms with van der Waals surface area (Å²) in [5.74, 6) is 0. The van der Waals surface area contributed by atoms with Gasteiger partial charge in [0.25, 0.3) is 0 Å². The van der Waals surface area contributed by atoms with Crippen molar-refractivity contribution in [1.29, 1.82) is 0 Å². The van der Waals surface area contributed by atoms with E-state index in [-0.39, 0.29) is 6.29 Å². The topological polar surface area (TPSA) is 38.7 Å². The van der Waals surface area contributed by atoms with Crippen molar-refractivity contribution in [3.63, 3.8) is 0 Å². The summed E-state index contributed by atoms with van der Waals surface area (Å²) in [4.78, 5) is 9.67. The molecule has 0 radical (unpaired) electrons. The van der Waals surface area contributed by atoms with E-state index in [2.05, 4.69) is 0 Å². The minimum Gasteiger partial charge on any atom is -0.428 e. The molecule has 98 valence electrons. The Hall–Kier alpha value is -0.423. The van der Waals surface area contributed by atoms with Crippen molar-refractivity contribution in [3.05, 3.63) is 23.4 Å². The molecule has 0 aliphatic carbocycles. The molecule has 0 bridgehead atoms. The minimum absolute atomic E-state index is 0.0274. The van der Waals surface area contributed by atoms with E-state index < -0.39 is 8.32 Å². The Balaban J connectivity index is 2.25. The van der Waals surface area contributed by atoms with Gasteiger partial charge in [0.2, 0.25) is 8.32 Å². The summed E-state index contributed by atoms with van der Waals surface area (Å²) in [5.41, 5.74) is 3.03. The largest absolute Gasteiger partial charge is 0.428 e. The smallest absolute Gasteiger partial charge is 0.206 e. The first-order valence-corrected chi connectivity index (χ1v) is 9.31. The molecule has 1 fully saturated rings. The third kappa shape index (κ3) is 7.49. The zero-order chi connectivity index (χ0) is 12.7. The van der Waals surface area contributed by atoms with Gasteiger partial charge in [0.05, 0.1) is 6.61 Å². The van der Waals surface area contributed by atoms with Gasteiger partial charge >= 0.3 is 0 Å². The summed E-state index contributed by atoms with van der Waals surface area (Å²) in [6, 6.07) is 0. The Bertz CT molecular complexity index is 273. The lowest BCUT2D eigenvalue weighted by molar-refractivity contribution is -0.155. The van der Waals surface area contributed by atoms with E-state index >= 15 is 0 Å². The van der Waals surface area contributed by atoms with E-state index in [1.54, 1.807) is 0 Å². The van der Waals surface area contributed by atoms with Crippen molar-refractivity contribution in [2.75, 3.05) is 13.2 Å². The van der Waals surface area contributed by atoms with Gasteiger partial charge in [0.1, 0.15) is 0 Å². The van der Waals surface area contributed by atoms with E-state index in [1.165, 1.54) is 6.42 Å². The molecule has 1 unspecified atom stereocenters. The highest BCUT2D eigenvalue weighted by molar-refractivity contribution is 6.74. The van der Waals surface area contributed by atoms with Crippen LogP contribution in [-0.2, 0) is 9.47 Å². The molecule has 0 aromatic heterocycles. The van der Waals surface area contributed by atoms with Gasteiger partial charge < -0.3 is 14.3 Å². The molecule has 1 saturated heterocycles. The highest BCUT2D eigenvalue weighted by Crippen LogP contribution is 2.13. The second-order valence-electron chi connectivity index (χ2n) is 5.06. The summed E-state index contributed by atoms with van der Waals surface area (Å²) < 4.78 is 11.1. The van der Waals surface area contributed by atoms with Gasteiger partial charge in [-0.25, -0.2) is 0 Å². The maximum atomic E-state index is 9.67. The predicted octanol–water partition coefficient (Wildman–Crippen LogP) is 2.77. The Morgan fingerprint density at radius 3 is 2.82 bits per heavy atom. The van der Waals surface area contributed by atoms with Gasteiger partial charge in [-0.05, 0) is 39.3 Å². The Labute approximate surface area is 105 Å². The Morgan fingerprint density at radius 1 is 1.47 bits per heavy atom. The SMILES string of the molecule is CC(/C=C/[Si](C)(C)O)=C\COC1CCCCO1.